The van der Waals surface area contributed by atoms with Crippen LogP contribution in [0, 0.1) is 0 Å². The average molecular weight is 714 g/mol. The number of phosphoric acid groups is 1. The molecule has 0 saturated carbocycles. The van der Waals surface area contributed by atoms with Gasteiger partial charge in [-0.1, -0.05) is 159 Å². The molecule has 288 valence electrons. The van der Waals surface area contributed by atoms with E-state index in [9.17, 15) is 14.3 Å². The minimum Gasteiger partial charge on any atom is -0.457 e. The molecule has 2 unspecified atom stereocenters. The molecular formula is C40H76NO7P. The summed E-state index contributed by atoms with van der Waals surface area (Å²) < 4.78 is 33.3. The third-order valence-electron chi connectivity index (χ3n) is 8.32. The van der Waals surface area contributed by atoms with Gasteiger partial charge in [0.05, 0.1) is 19.8 Å². The largest absolute Gasteiger partial charge is 0.472 e. The van der Waals surface area contributed by atoms with Crippen LogP contribution in [0.1, 0.15) is 174 Å². The Kier molecular flexibility index (Phi) is 37.0. The van der Waals surface area contributed by atoms with Gasteiger partial charge in [-0.25, -0.2) is 4.57 Å². The second-order valence-corrected chi connectivity index (χ2v) is 14.6. The van der Waals surface area contributed by atoms with Crippen LogP contribution in [0.4, 0.5) is 0 Å². The molecule has 0 aliphatic rings. The highest BCUT2D eigenvalue weighted by atomic mass is 31.2. The fraction of sp³-hybridized carbons (Fsp3) is 0.825. The number of phosphoric ester groups is 1. The average Bonchev–Trinajstić information content (AvgIpc) is 3.09. The summed E-state index contributed by atoms with van der Waals surface area (Å²) in [5, 5.41) is 0. The molecule has 0 aliphatic carbocycles. The van der Waals surface area contributed by atoms with Crippen LogP contribution in [0.2, 0.25) is 0 Å². The molecule has 0 amide bonds. The molecule has 49 heavy (non-hydrogen) atoms. The van der Waals surface area contributed by atoms with Crippen molar-refractivity contribution in [2.45, 2.75) is 180 Å². The molecule has 0 aromatic rings. The van der Waals surface area contributed by atoms with Crippen molar-refractivity contribution in [3.05, 3.63) is 36.5 Å². The summed E-state index contributed by atoms with van der Waals surface area (Å²) in [6, 6.07) is 0. The summed E-state index contributed by atoms with van der Waals surface area (Å²) in [7, 11) is -4.28. The van der Waals surface area contributed by atoms with Gasteiger partial charge in [0.1, 0.15) is 6.10 Å². The number of hydrogen-bond acceptors (Lipinski definition) is 7. The van der Waals surface area contributed by atoms with E-state index in [2.05, 4.69) is 50.3 Å². The zero-order valence-electron chi connectivity index (χ0n) is 31.7. The topological polar surface area (TPSA) is 117 Å². The SMILES string of the molecule is CC/C=C\C/C=C\C/C=C\CCCCCCOCC(COP(=O)(O)OCCN)OC(=O)CCCCCCCCCCCCCCCCCC. The molecule has 0 rings (SSSR count). The van der Waals surface area contributed by atoms with Gasteiger partial charge in [-0.3, -0.25) is 13.8 Å². The number of nitrogens with two attached hydrogens (primary N) is 1. The van der Waals surface area contributed by atoms with Crippen molar-refractivity contribution < 1.29 is 32.8 Å². The van der Waals surface area contributed by atoms with E-state index in [1.165, 1.54) is 83.5 Å². The molecule has 0 fully saturated rings. The maximum atomic E-state index is 12.5. The first kappa shape index (κ1) is 47.7. The van der Waals surface area contributed by atoms with Gasteiger partial charge in [0.15, 0.2) is 0 Å². The van der Waals surface area contributed by atoms with Gasteiger partial charge in [0.2, 0.25) is 0 Å². The lowest BCUT2D eigenvalue weighted by atomic mass is 10.0. The van der Waals surface area contributed by atoms with Crippen LogP contribution >= 0.6 is 7.82 Å². The summed E-state index contributed by atoms with van der Waals surface area (Å²) in [4.78, 5) is 22.4. The molecule has 0 aromatic heterocycles. The Hall–Kier alpha value is -1.28. The van der Waals surface area contributed by atoms with E-state index >= 15 is 0 Å². The summed E-state index contributed by atoms with van der Waals surface area (Å²) >= 11 is 0. The minimum atomic E-state index is -4.28. The monoisotopic (exact) mass is 714 g/mol. The molecule has 0 heterocycles. The Morgan fingerprint density at radius 1 is 0.633 bits per heavy atom. The van der Waals surface area contributed by atoms with Gasteiger partial charge in [0.25, 0.3) is 0 Å². The first-order chi connectivity index (χ1) is 23.9. The maximum Gasteiger partial charge on any atom is 0.472 e. The molecular weight excluding hydrogens is 637 g/mol. The van der Waals surface area contributed by atoms with Crippen molar-refractivity contribution in [1.29, 1.82) is 0 Å². The smallest absolute Gasteiger partial charge is 0.457 e. The van der Waals surface area contributed by atoms with Gasteiger partial charge in [-0.05, 0) is 44.9 Å². The number of carbonyl (C=O) groups excluding carboxylic acids is 1. The molecule has 8 nitrogen and oxygen atoms in total. The lowest BCUT2D eigenvalue weighted by molar-refractivity contribution is -0.154. The number of hydrogen-bond donors (Lipinski definition) is 2. The van der Waals surface area contributed by atoms with Crippen LogP contribution in [0.15, 0.2) is 36.5 Å². The number of esters is 1. The Balaban J connectivity index is 4.08. The predicted octanol–water partition coefficient (Wildman–Crippen LogP) is 11.5. The Labute approximate surface area is 301 Å². The summed E-state index contributed by atoms with van der Waals surface area (Å²) in [6.07, 6.45) is 41.6. The van der Waals surface area contributed by atoms with E-state index in [0.717, 1.165) is 70.6 Å². The third kappa shape index (κ3) is 37.8. The first-order valence-electron chi connectivity index (χ1n) is 20.0. The van der Waals surface area contributed by atoms with Crippen molar-refractivity contribution in [1.82, 2.24) is 0 Å². The van der Waals surface area contributed by atoms with E-state index in [0.29, 0.717) is 13.0 Å². The normalized spacial score (nSPS) is 14.0. The quantitative estimate of drug-likeness (QED) is 0.0281. The Morgan fingerprint density at radius 3 is 1.71 bits per heavy atom. The number of allylic oxidation sites excluding steroid dienone is 6. The van der Waals surface area contributed by atoms with Gasteiger partial charge in [-0.2, -0.15) is 0 Å². The zero-order chi connectivity index (χ0) is 35.9. The van der Waals surface area contributed by atoms with Crippen LogP contribution in [0.3, 0.4) is 0 Å². The fourth-order valence-corrected chi connectivity index (χ4v) is 6.19. The predicted molar refractivity (Wildman–Crippen MR) is 206 cm³/mol. The molecule has 0 aliphatic heterocycles. The summed E-state index contributed by atoms with van der Waals surface area (Å²) in [6.45, 7) is 4.76. The van der Waals surface area contributed by atoms with Crippen LogP contribution in [-0.2, 0) is 27.9 Å². The number of carbonyl (C=O) groups is 1. The molecule has 9 heteroatoms. The van der Waals surface area contributed by atoms with Crippen molar-refractivity contribution in [3.8, 4) is 0 Å². The van der Waals surface area contributed by atoms with Gasteiger partial charge >= 0.3 is 13.8 Å². The molecule has 0 radical (unpaired) electrons. The zero-order valence-corrected chi connectivity index (χ0v) is 32.6. The van der Waals surface area contributed by atoms with Crippen molar-refractivity contribution in [3.63, 3.8) is 0 Å². The van der Waals surface area contributed by atoms with Gasteiger partial charge in [0, 0.05) is 19.6 Å². The minimum absolute atomic E-state index is 0.0968. The molecule has 0 aromatic carbocycles. The van der Waals surface area contributed by atoms with E-state index in [1.807, 2.05) is 0 Å². The van der Waals surface area contributed by atoms with Gasteiger partial charge in [-0.15, -0.1) is 0 Å². The number of unbranched alkanes of at least 4 members (excludes halogenated alkanes) is 19. The Morgan fingerprint density at radius 2 is 1.14 bits per heavy atom. The van der Waals surface area contributed by atoms with Crippen molar-refractivity contribution in [2.75, 3.05) is 33.0 Å². The number of rotatable bonds is 38. The molecule has 3 N–H and O–H groups in total. The maximum absolute atomic E-state index is 12.5. The highest BCUT2D eigenvalue weighted by Crippen LogP contribution is 2.43. The highest BCUT2D eigenvalue weighted by molar-refractivity contribution is 7.47. The third-order valence-corrected chi connectivity index (χ3v) is 9.31. The molecule has 2 atom stereocenters. The second-order valence-electron chi connectivity index (χ2n) is 13.1. The summed E-state index contributed by atoms with van der Waals surface area (Å²) in [5.41, 5.74) is 5.36. The lowest BCUT2D eigenvalue weighted by Crippen LogP contribution is -2.28. The van der Waals surface area contributed by atoms with Crippen molar-refractivity contribution in [2.24, 2.45) is 5.73 Å². The highest BCUT2D eigenvalue weighted by Gasteiger charge is 2.25. The summed E-state index contributed by atoms with van der Waals surface area (Å²) in [5.74, 6) is -0.338. The lowest BCUT2D eigenvalue weighted by Gasteiger charge is -2.20. The number of ether oxygens (including phenoxy) is 2. The second kappa shape index (κ2) is 38.0. The van der Waals surface area contributed by atoms with E-state index in [-0.39, 0.29) is 32.3 Å². The molecule has 0 spiro atoms. The van der Waals surface area contributed by atoms with Crippen LogP contribution in [0.25, 0.3) is 0 Å². The fourth-order valence-electron chi connectivity index (χ4n) is 5.42. The van der Waals surface area contributed by atoms with Gasteiger partial charge < -0.3 is 20.1 Å². The van der Waals surface area contributed by atoms with E-state index < -0.39 is 13.9 Å². The van der Waals surface area contributed by atoms with Crippen molar-refractivity contribution >= 4 is 13.8 Å². The molecule has 0 bridgehead atoms. The molecule has 0 saturated heterocycles. The standard InChI is InChI=1S/C40H76NO7P/c1-3-5-7-9-11-13-15-17-19-20-21-23-25-27-29-31-33-40(42)48-39(38-47-49(43,44)46-36-34-41)37-45-35-32-30-28-26-24-22-18-16-14-12-10-8-6-4-2/h6,8,12,14,18,22,39H,3-5,7,9-11,13,15-17,19-21,23-38,41H2,1-2H3,(H,43,44)/b8-6-,14-12-,22-18-. The van der Waals surface area contributed by atoms with Crippen LogP contribution in [0.5, 0.6) is 0 Å². The van der Waals surface area contributed by atoms with Crippen LogP contribution < -0.4 is 5.73 Å². The Bertz CT molecular complexity index is 848. The van der Waals surface area contributed by atoms with E-state index in [1.54, 1.807) is 0 Å². The van der Waals surface area contributed by atoms with Crippen LogP contribution in [-0.4, -0.2) is 49.9 Å². The first-order valence-corrected chi connectivity index (χ1v) is 21.5. The van der Waals surface area contributed by atoms with E-state index in [4.69, 9.17) is 24.3 Å².